The van der Waals surface area contributed by atoms with Crippen molar-refractivity contribution < 1.29 is 9.90 Å². The fraction of sp³-hybridized carbons (Fsp3) is 0.385. The molecule has 2 atom stereocenters. The molecule has 3 aromatic rings. The molecule has 2 aliphatic rings. The van der Waals surface area contributed by atoms with Gasteiger partial charge in [0.2, 0.25) is 17.8 Å². The lowest BCUT2D eigenvalue weighted by atomic mass is 10.0. The van der Waals surface area contributed by atoms with Gasteiger partial charge in [-0.15, -0.1) is 0 Å². The molecule has 1 aromatic heterocycles. The quantitative estimate of drug-likeness (QED) is 0.214. The second-order valence-electron chi connectivity index (χ2n) is 9.93. The molecule has 39 heavy (non-hydrogen) atoms. The van der Waals surface area contributed by atoms with Crippen LogP contribution in [0.4, 0.5) is 29.2 Å². The molecule has 9 N–H and O–H groups in total. The summed E-state index contributed by atoms with van der Waals surface area (Å²) in [6.45, 7) is 3.03. The van der Waals surface area contributed by atoms with Crippen LogP contribution in [0.15, 0.2) is 42.5 Å². The third-order valence-electron chi connectivity index (χ3n) is 6.70. The Morgan fingerprint density at radius 1 is 1.00 bits per heavy atom. The van der Waals surface area contributed by atoms with E-state index < -0.39 is 0 Å². The number of anilines is 5. The molecular weight excluding hydrogens is 520 g/mol. The zero-order valence-electron chi connectivity index (χ0n) is 21.4. The number of aromatic hydroxyl groups is 1. The normalized spacial score (nSPS) is 19.9. The molecule has 12 nitrogen and oxygen atoms in total. The van der Waals surface area contributed by atoms with Crippen LogP contribution in [-0.4, -0.2) is 70.3 Å². The van der Waals surface area contributed by atoms with Crippen molar-refractivity contribution in [3.63, 3.8) is 0 Å². The molecule has 13 heteroatoms. The number of nitrogens with zero attached hydrogens (tertiary/aromatic N) is 4. The van der Waals surface area contributed by atoms with Crippen molar-refractivity contribution in [2.75, 3.05) is 47.0 Å². The SMILES string of the molecule is N[C@@H]1C[C@H](N)CN(c2nc(Nc3ccc(NC(=O)c4ccc(Cl)cc4)c(O)c3)nc(NC3CCNCC3)n2)C1. The minimum absolute atomic E-state index is 0.0738. The van der Waals surface area contributed by atoms with E-state index in [1.54, 1.807) is 36.4 Å². The Hall–Kier alpha value is -3.71. The van der Waals surface area contributed by atoms with Crippen molar-refractivity contribution in [1.82, 2.24) is 20.3 Å². The van der Waals surface area contributed by atoms with Crippen LogP contribution >= 0.6 is 11.6 Å². The number of hydrogen-bond donors (Lipinski definition) is 7. The molecule has 1 amide bonds. The van der Waals surface area contributed by atoms with E-state index in [-0.39, 0.29) is 35.5 Å². The number of nitrogens with two attached hydrogens (primary N) is 2. The predicted molar refractivity (Wildman–Crippen MR) is 153 cm³/mol. The third kappa shape index (κ3) is 7.03. The molecule has 0 radical (unpaired) electrons. The number of carbonyl (C=O) groups excluding carboxylic acids is 1. The van der Waals surface area contributed by atoms with Crippen LogP contribution < -0.4 is 37.6 Å². The van der Waals surface area contributed by atoms with Crippen molar-refractivity contribution in [3.8, 4) is 5.75 Å². The van der Waals surface area contributed by atoms with Gasteiger partial charge in [-0.05, 0) is 68.8 Å². The molecule has 0 spiro atoms. The number of nitrogens with one attached hydrogen (secondary N) is 4. The van der Waals surface area contributed by atoms with Crippen molar-refractivity contribution in [1.29, 1.82) is 0 Å². The van der Waals surface area contributed by atoms with Crippen LogP contribution in [0.3, 0.4) is 0 Å². The Labute approximate surface area is 231 Å². The van der Waals surface area contributed by atoms with Crippen molar-refractivity contribution >= 4 is 46.7 Å². The van der Waals surface area contributed by atoms with E-state index in [2.05, 4.69) is 36.2 Å². The van der Waals surface area contributed by atoms with Gasteiger partial charge in [0.1, 0.15) is 5.75 Å². The number of carbonyl (C=O) groups is 1. The van der Waals surface area contributed by atoms with Crippen LogP contribution in [0, 0.1) is 0 Å². The lowest BCUT2D eigenvalue weighted by Gasteiger charge is -2.34. The Morgan fingerprint density at radius 2 is 1.69 bits per heavy atom. The molecule has 2 saturated heterocycles. The zero-order valence-corrected chi connectivity index (χ0v) is 22.2. The van der Waals surface area contributed by atoms with E-state index in [0.29, 0.717) is 47.2 Å². The van der Waals surface area contributed by atoms with Crippen molar-refractivity contribution in [2.45, 2.75) is 37.4 Å². The average Bonchev–Trinajstić information content (AvgIpc) is 2.90. The highest BCUT2D eigenvalue weighted by Gasteiger charge is 2.26. The first-order chi connectivity index (χ1) is 18.8. The lowest BCUT2D eigenvalue weighted by Crippen LogP contribution is -2.53. The zero-order chi connectivity index (χ0) is 27.4. The number of phenolic OH excluding ortho intramolecular Hbond substituents is 1. The summed E-state index contributed by atoms with van der Waals surface area (Å²) < 4.78 is 0. The van der Waals surface area contributed by atoms with Crippen LogP contribution in [0.2, 0.25) is 5.02 Å². The summed E-state index contributed by atoms with van der Waals surface area (Å²) in [4.78, 5) is 28.4. The molecule has 206 valence electrons. The van der Waals surface area contributed by atoms with Crippen molar-refractivity contribution in [3.05, 3.63) is 53.1 Å². The molecule has 0 bridgehead atoms. The van der Waals surface area contributed by atoms with Gasteiger partial charge in [0.25, 0.3) is 5.91 Å². The maximum absolute atomic E-state index is 12.5. The number of benzene rings is 2. The number of amides is 1. The van der Waals surface area contributed by atoms with E-state index in [0.717, 1.165) is 32.4 Å². The highest BCUT2D eigenvalue weighted by Crippen LogP contribution is 2.29. The monoisotopic (exact) mass is 552 g/mol. The van der Waals surface area contributed by atoms with E-state index in [1.807, 2.05) is 4.90 Å². The Kier molecular flexibility index (Phi) is 8.27. The van der Waals surface area contributed by atoms with Crippen LogP contribution in [0.25, 0.3) is 0 Å². The third-order valence-corrected chi connectivity index (χ3v) is 6.95. The predicted octanol–water partition coefficient (Wildman–Crippen LogP) is 2.26. The first kappa shape index (κ1) is 26.9. The van der Waals surface area contributed by atoms with E-state index >= 15 is 0 Å². The molecule has 2 fully saturated rings. The highest BCUT2D eigenvalue weighted by atomic mass is 35.5. The summed E-state index contributed by atoms with van der Waals surface area (Å²) in [6, 6.07) is 11.4. The van der Waals surface area contributed by atoms with E-state index in [9.17, 15) is 9.90 Å². The van der Waals surface area contributed by atoms with Gasteiger partial charge >= 0.3 is 0 Å². The molecular formula is C26H33ClN10O2. The minimum Gasteiger partial charge on any atom is -0.506 e. The fourth-order valence-corrected chi connectivity index (χ4v) is 4.88. The fourth-order valence-electron chi connectivity index (χ4n) is 4.76. The summed E-state index contributed by atoms with van der Waals surface area (Å²) in [5.74, 6) is 0.763. The van der Waals surface area contributed by atoms with Crippen LogP contribution in [-0.2, 0) is 0 Å². The number of hydrogen-bond acceptors (Lipinski definition) is 11. The van der Waals surface area contributed by atoms with Gasteiger partial charge in [0.05, 0.1) is 5.69 Å². The molecule has 2 aliphatic heterocycles. The first-order valence-corrected chi connectivity index (χ1v) is 13.4. The van der Waals surface area contributed by atoms with E-state index in [4.69, 9.17) is 23.1 Å². The number of phenols is 1. The molecule has 0 saturated carbocycles. The molecule has 2 aromatic carbocycles. The number of aromatic nitrogens is 3. The Balaban J connectivity index is 1.35. The standard InChI is InChI=1S/C26H33ClN10O2/c27-16-3-1-15(2-4-16)23(39)33-21-6-5-20(12-22(21)38)32-25-34-24(31-19-7-9-30-10-8-19)35-26(36-25)37-13-17(28)11-18(29)14-37/h1-6,12,17-19,30,38H,7-11,13-14,28-29H2,(H,33,39)(H2,31,32,34,35,36)/t17-,18+. The van der Waals surface area contributed by atoms with Gasteiger partial charge in [-0.1, -0.05) is 11.6 Å². The topological polar surface area (TPSA) is 179 Å². The van der Waals surface area contributed by atoms with Gasteiger partial charge in [-0.25, -0.2) is 0 Å². The lowest BCUT2D eigenvalue weighted by molar-refractivity contribution is 0.102. The first-order valence-electron chi connectivity index (χ1n) is 13.0. The second kappa shape index (κ2) is 12.0. The Morgan fingerprint density at radius 3 is 2.38 bits per heavy atom. The van der Waals surface area contributed by atoms with E-state index in [1.165, 1.54) is 6.07 Å². The van der Waals surface area contributed by atoms with Gasteiger partial charge in [0, 0.05) is 53.6 Å². The second-order valence-corrected chi connectivity index (χ2v) is 10.4. The van der Waals surface area contributed by atoms with Gasteiger partial charge < -0.3 is 42.7 Å². The average molecular weight is 553 g/mol. The molecule has 3 heterocycles. The van der Waals surface area contributed by atoms with Crippen molar-refractivity contribution in [2.24, 2.45) is 11.5 Å². The molecule has 0 aliphatic carbocycles. The molecule has 5 rings (SSSR count). The van der Waals surface area contributed by atoms with Gasteiger partial charge in [0.15, 0.2) is 0 Å². The maximum atomic E-state index is 12.5. The summed E-state index contributed by atoms with van der Waals surface area (Å²) in [5, 5.41) is 23.8. The number of halogens is 1. The van der Waals surface area contributed by atoms with Crippen LogP contribution in [0.1, 0.15) is 29.6 Å². The summed E-state index contributed by atoms with van der Waals surface area (Å²) >= 11 is 5.90. The molecule has 0 unspecified atom stereocenters. The minimum atomic E-state index is -0.364. The smallest absolute Gasteiger partial charge is 0.255 e. The summed E-state index contributed by atoms with van der Waals surface area (Å²) in [5.41, 5.74) is 13.7. The highest BCUT2D eigenvalue weighted by molar-refractivity contribution is 6.30. The number of rotatable bonds is 7. The van der Waals surface area contributed by atoms with Gasteiger partial charge in [-0.3, -0.25) is 4.79 Å². The summed E-state index contributed by atoms with van der Waals surface area (Å²) in [6.07, 6.45) is 2.66. The van der Waals surface area contributed by atoms with Crippen LogP contribution in [0.5, 0.6) is 5.75 Å². The largest absolute Gasteiger partial charge is 0.506 e. The number of piperidine rings is 2. The summed E-state index contributed by atoms with van der Waals surface area (Å²) in [7, 11) is 0. The maximum Gasteiger partial charge on any atom is 0.255 e. The Bertz CT molecular complexity index is 1290. The van der Waals surface area contributed by atoms with Gasteiger partial charge in [-0.2, -0.15) is 15.0 Å².